The van der Waals surface area contributed by atoms with Crippen LogP contribution in [0.15, 0.2) is 46.6 Å². The molecule has 0 bridgehead atoms. The summed E-state index contributed by atoms with van der Waals surface area (Å²) in [5, 5.41) is 0.374. The van der Waals surface area contributed by atoms with Crippen molar-refractivity contribution in [2.24, 2.45) is 13.0 Å². The van der Waals surface area contributed by atoms with Crippen LogP contribution in [0, 0.1) is 5.92 Å². The van der Waals surface area contributed by atoms with Crippen LogP contribution in [0.5, 0.6) is 5.75 Å². The minimum atomic E-state index is -3.39. The van der Waals surface area contributed by atoms with Crippen LogP contribution in [0.4, 0.5) is 0 Å². The van der Waals surface area contributed by atoms with E-state index in [1.54, 1.807) is 38.4 Å². The topological polar surface area (TPSA) is 91.2 Å². The Kier molecular flexibility index (Phi) is 4.66. The van der Waals surface area contributed by atoms with E-state index in [1.807, 2.05) is 0 Å². The van der Waals surface area contributed by atoms with Crippen LogP contribution in [0.3, 0.4) is 0 Å². The Balaban J connectivity index is 1.96. The molecular formula is C20H21N3O4S. The summed E-state index contributed by atoms with van der Waals surface area (Å²) < 4.78 is 32.3. The van der Waals surface area contributed by atoms with Crippen molar-refractivity contribution in [3.63, 3.8) is 0 Å². The first-order valence-corrected chi connectivity index (χ1v) is 10.8. The molecule has 0 saturated heterocycles. The van der Waals surface area contributed by atoms with E-state index >= 15 is 0 Å². The normalized spacial score (nSPS) is 14.4. The van der Waals surface area contributed by atoms with Crippen LogP contribution in [-0.2, 0) is 16.9 Å². The van der Waals surface area contributed by atoms with Crippen molar-refractivity contribution in [3.05, 3.63) is 47.3 Å². The summed E-state index contributed by atoms with van der Waals surface area (Å²) in [6, 6.07) is 4.88. The van der Waals surface area contributed by atoms with Crippen LogP contribution >= 0.6 is 0 Å². The summed E-state index contributed by atoms with van der Waals surface area (Å²) in [7, 11) is -1.74. The molecule has 2 heterocycles. The molecule has 0 N–H and O–H groups in total. The quantitative estimate of drug-likeness (QED) is 0.633. The largest absolute Gasteiger partial charge is 0.493 e. The molecule has 4 rings (SSSR count). The number of ether oxygens (including phenoxy) is 1. The Labute approximate surface area is 162 Å². The second kappa shape index (κ2) is 7.01. The standard InChI is InChI=1S/C20H21N3O4S/c1-3-28(25,26)14-6-7-18(27-11-13-4-5-13)15(8-14)17-10-23(2)20(24)16-9-21-12-22-19(16)17/h6-10,12-13H,3-5,11H2,1-2H3. The lowest BCUT2D eigenvalue weighted by molar-refractivity contribution is 0.301. The van der Waals surface area contributed by atoms with Crippen molar-refractivity contribution >= 4 is 20.7 Å². The number of nitrogens with zero attached hydrogens (tertiary/aromatic N) is 3. The van der Waals surface area contributed by atoms with Crippen LogP contribution in [-0.4, -0.2) is 35.3 Å². The molecule has 0 spiro atoms. The second-order valence-electron chi connectivity index (χ2n) is 7.06. The number of pyridine rings is 1. The van der Waals surface area contributed by atoms with Gasteiger partial charge in [0.1, 0.15) is 12.1 Å². The molecule has 146 valence electrons. The molecule has 2 aromatic heterocycles. The van der Waals surface area contributed by atoms with Crippen molar-refractivity contribution in [2.45, 2.75) is 24.7 Å². The van der Waals surface area contributed by atoms with Crippen molar-refractivity contribution in [1.82, 2.24) is 14.5 Å². The third kappa shape index (κ3) is 3.40. The number of fused-ring (bicyclic) bond motifs is 1. The van der Waals surface area contributed by atoms with E-state index in [4.69, 9.17) is 4.74 Å². The minimum absolute atomic E-state index is 0.00487. The first-order valence-electron chi connectivity index (χ1n) is 9.20. The smallest absolute Gasteiger partial charge is 0.261 e. The Morgan fingerprint density at radius 2 is 2.04 bits per heavy atom. The van der Waals surface area contributed by atoms with E-state index in [0.29, 0.717) is 40.3 Å². The van der Waals surface area contributed by atoms with E-state index in [2.05, 4.69) is 9.97 Å². The van der Waals surface area contributed by atoms with E-state index in [0.717, 1.165) is 12.8 Å². The molecule has 1 saturated carbocycles. The third-order valence-corrected chi connectivity index (χ3v) is 6.72. The van der Waals surface area contributed by atoms with Gasteiger partial charge in [-0.2, -0.15) is 0 Å². The van der Waals surface area contributed by atoms with Gasteiger partial charge in [-0.1, -0.05) is 6.92 Å². The van der Waals surface area contributed by atoms with Gasteiger partial charge in [-0.05, 0) is 37.0 Å². The molecule has 0 radical (unpaired) electrons. The lowest BCUT2D eigenvalue weighted by Gasteiger charge is -2.15. The van der Waals surface area contributed by atoms with Gasteiger partial charge < -0.3 is 9.30 Å². The van der Waals surface area contributed by atoms with E-state index in [1.165, 1.54) is 17.1 Å². The highest BCUT2D eigenvalue weighted by Gasteiger charge is 2.24. The molecule has 0 atom stereocenters. The first kappa shape index (κ1) is 18.6. The van der Waals surface area contributed by atoms with Crippen molar-refractivity contribution in [2.75, 3.05) is 12.4 Å². The zero-order valence-electron chi connectivity index (χ0n) is 15.8. The number of hydrogen-bond donors (Lipinski definition) is 0. The number of aryl methyl sites for hydroxylation is 1. The maximum Gasteiger partial charge on any atom is 0.261 e. The number of rotatable bonds is 6. The summed E-state index contributed by atoms with van der Waals surface area (Å²) >= 11 is 0. The molecular weight excluding hydrogens is 378 g/mol. The molecule has 0 amide bonds. The average Bonchev–Trinajstić information content (AvgIpc) is 3.53. The van der Waals surface area contributed by atoms with Gasteiger partial charge in [0.2, 0.25) is 0 Å². The zero-order chi connectivity index (χ0) is 19.9. The Morgan fingerprint density at radius 1 is 1.25 bits per heavy atom. The fraction of sp³-hybridized carbons (Fsp3) is 0.350. The fourth-order valence-corrected chi connectivity index (χ4v) is 4.01. The van der Waals surface area contributed by atoms with E-state index in [-0.39, 0.29) is 16.2 Å². The van der Waals surface area contributed by atoms with Crippen LogP contribution in [0.2, 0.25) is 0 Å². The second-order valence-corrected chi connectivity index (χ2v) is 9.34. The number of sulfone groups is 1. The molecule has 1 fully saturated rings. The fourth-order valence-electron chi connectivity index (χ4n) is 3.10. The maximum atomic E-state index is 12.4. The van der Waals surface area contributed by atoms with Crippen LogP contribution in [0.1, 0.15) is 19.8 Å². The van der Waals surface area contributed by atoms with Gasteiger partial charge in [-0.25, -0.2) is 18.4 Å². The van der Waals surface area contributed by atoms with Gasteiger partial charge in [0.15, 0.2) is 9.84 Å². The summed E-state index contributed by atoms with van der Waals surface area (Å²) in [5.41, 5.74) is 1.51. The number of aromatic nitrogens is 3. The summed E-state index contributed by atoms with van der Waals surface area (Å²) in [5.74, 6) is 1.14. The molecule has 3 aromatic rings. The van der Waals surface area contributed by atoms with Gasteiger partial charge in [0.25, 0.3) is 5.56 Å². The Bertz CT molecular complexity index is 1210. The Hall–Kier alpha value is -2.74. The van der Waals surface area contributed by atoms with Gasteiger partial charge in [0, 0.05) is 30.6 Å². The van der Waals surface area contributed by atoms with Gasteiger partial charge in [-0.3, -0.25) is 4.79 Å². The zero-order valence-corrected chi connectivity index (χ0v) is 16.6. The summed E-state index contributed by atoms with van der Waals surface area (Å²) in [4.78, 5) is 20.9. The maximum absolute atomic E-state index is 12.4. The lowest BCUT2D eigenvalue weighted by atomic mass is 10.0. The minimum Gasteiger partial charge on any atom is -0.493 e. The molecule has 1 aromatic carbocycles. The highest BCUT2D eigenvalue weighted by molar-refractivity contribution is 7.91. The molecule has 0 unspecified atom stereocenters. The SMILES string of the molecule is CCS(=O)(=O)c1ccc(OCC2CC2)c(-c2cn(C)c(=O)c3cncnc23)c1. The summed E-state index contributed by atoms with van der Waals surface area (Å²) in [6.45, 7) is 2.20. The van der Waals surface area contributed by atoms with Crippen LogP contribution in [0.25, 0.3) is 22.0 Å². The predicted molar refractivity (Wildman–Crippen MR) is 106 cm³/mol. The van der Waals surface area contributed by atoms with E-state index < -0.39 is 9.84 Å². The van der Waals surface area contributed by atoms with Crippen molar-refractivity contribution in [3.8, 4) is 16.9 Å². The molecule has 0 aliphatic heterocycles. The third-order valence-electron chi connectivity index (χ3n) is 4.99. The van der Waals surface area contributed by atoms with Gasteiger partial charge >= 0.3 is 0 Å². The van der Waals surface area contributed by atoms with Crippen molar-refractivity contribution in [1.29, 1.82) is 0 Å². The highest BCUT2D eigenvalue weighted by Crippen LogP contribution is 2.37. The molecule has 1 aliphatic carbocycles. The van der Waals surface area contributed by atoms with Crippen LogP contribution < -0.4 is 10.3 Å². The molecule has 8 heteroatoms. The molecule has 1 aliphatic rings. The first-order chi connectivity index (χ1) is 13.4. The molecule has 28 heavy (non-hydrogen) atoms. The average molecular weight is 399 g/mol. The number of hydrogen-bond acceptors (Lipinski definition) is 6. The monoisotopic (exact) mass is 399 g/mol. The lowest BCUT2D eigenvalue weighted by Crippen LogP contribution is -2.17. The van der Waals surface area contributed by atoms with E-state index in [9.17, 15) is 13.2 Å². The highest BCUT2D eigenvalue weighted by atomic mass is 32.2. The predicted octanol–water partition coefficient (Wildman–Crippen LogP) is 2.58. The van der Waals surface area contributed by atoms with Crippen molar-refractivity contribution < 1.29 is 13.2 Å². The molecule has 7 nitrogen and oxygen atoms in total. The Morgan fingerprint density at radius 3 is 2.75 bits per heavy atom. The summed E-state index contributed by atoms with van der Waals surface area (Å²) in [6.07, 6.45) is 6.81. The van der Waals surface area contributed by atoms with Gasteiger partial charge in [-0.15, -0.1) is 0 Å². The van der Waals surface area contributed by atoms with Gasteiger partial charge in [0.05, 0.1) is 28.2 Å². The number of benzene rings is 1.